The Kier molecular flexibility index (Phi) is 6.03. The molecule has 0 unspecified atom stereocenters. The van der Waals surface area contributed by atoms with E-state index in [-0.39, 0.29) is 5.91 Å². The third-order valence-electron chi connectivity index (χ3n) is 5.25. The number of hydrogen-bond donors (Lipinski definition) is 0. The van der Waals surface area contributed by atoms with Crippen LogP contribution in [-0.2, 0) is 4.79 Å². The largest absolute Gasteiger partial charge is 0.493 e. The van der Waals surface area contributed by atoms with Crippen LogP contribution in [0.3, 0.4) is 0 Å². The number of amides is 1. The van der Waals surface area contributed by atoms with Crippen LogP contribution in [0.2, 0.25) is 5.02 Å². The minimum absolute atomic E-state index is 0.169. The number of carbonyl (C=O) groups excluding carboxylic acids is 1. The van der Waals surface area contributed by atoms with Crippen LogP contribution in [0.5, 0.6) is 5.75 Å². The molecule has 1 fully saturated rings. The first-order valence-electron chi connectivity index (χ1n) is 10.1. The lowest BCUT2D eigenvalue weighted by Crippen LogP contribution is -2.49. The quantitative estimate of drug-likeness (QED) is 0.562. The number of aromatic nitrogens is 4. The monoisotopic (exact) mass is 428 g/mol. The number of carbonyl (C=O) groups is 1. The van der Waals surface area contributed by atoms with Gasteiger partial charge in [-0.1, -0.05) is 11.6 Å². The second-order valence-electron chi connectivity index (χ2n) is 7.46. The van der Waals surface area contributed by atoms with Crippen molar-refractivity contribution in [2.24, 2.45) is 0 Å². The molecule has 4 rings (SSSR count). The van der Waals surface area contributed by atoms with Gasteiger partial charge in [-0.2, -0.15) is 14.6 Å². The zero-order valence-corrected chi connectivity index (χ0v) is 18.0. The molecule has 9 heteroatoms. The van der Waals surface area contributed by atoms with E-state index in [1.807, 2.05) is 43.0 Å². The van der Waals surface area contributed by atoms with Gasteiger partial charge in [-0.3, -0.25) is 4.79 Å². The third kappa shape index (κ3) is 4.48. The van der Waals surface area contributed by atoms with Crippen LogP contribution in [0.1, 0.15) is 24.1 Å². The number of nitrogens with zero attached hydrogens (tertiary/aromatic N) is 6. The zero-order chi connectivity index (χ0) is 21.1. The summed E-state index contributed by atoms with van der Waals surface area (Å²) < 4.78 is 7.54. The summed E-state index contributed by atoms with van der Waals surface area (Å²) >= 11 is 5.97. The van der Waals surface area contributed by atoms with E-state index in [1.54, 1.807) is 4.52 Å². The average Bonchev–Trinajstić information content (AvgIpc) is 3.20. The fourth-order valence-electron chi connectivity index (χ4n) is 3.66. The summed E-state index contributed by atoms with van der Waals surface area (Å²) in [7, 11) is 0. The molecule has 158 valence electrons. The van der Waals surface area contributed by atoms with Crippen molar-refractivity contribution in [2.75, 3.05) is 37.7 Å². The minimum Gasteiger partial charge on any atom is -0.493 e. The molecule has 0 aliphatic carbocycles. The number of rotatable bonds is 6. The molecule has 0 atom stereocenters. The maximum atomic E-state index is 12.6. The molecule has 0 spiro atoms. The molecule has 30 heavy (non-hydrogen) atoms. The van der Waals surface area contributed by atoms with Crippen LogP contribution in [0.4, 0.5) is 5.82 Å². The van der Waals surface area contributed by atoms with E-state index in [0.717, 1.165) is 35.9 Å². The number of anilines is 1. The van der Waals surface area contributed by atoms with Crippen LogP contribution in [0.15, 0.2) is 30.6 Å². The van der Waals surface area contributed by atoms with Crippen molar-refractivity contribution >= 4 is 29.1 Å². The molecule has 3 heterocycles. The summed E-state index contributed by atoms with van der Waals surface area (Å²) in [5.41, 5.74) is 1.90. The summed E-state index contributed by atoms with van der Waals surface area (Å²) in [6, 6.07) is 7.56. The Morgan fingerprint density at radius 3 is 2.73 bits per heavy atom. The van der Waals surface area contributed by atoms with Crippen molar-refractivity contribution in [3.8, 4) is 5.75 Å². The van der Waals surface area contributed by atoms with Crippen LogP contribution < -0.4 is 9.64 Å². The summed E-state index contributed by atoms with van der Waals surface area (Å²) in [5.74, 6) is 2.55. The Morgan fingerprint density at radius 1 is 1.17 bits per heavy atom. The zero-order valence-electron chi connectivity index (χ0n) is 17.2. The Hall–Kier alpha value is -2.87. The fourth-order valence-corrected chi connectivity index (χ4v) is 3.89. The van der Waals surface area contributed by atoms with Crippen molar-refractivity contribution in [2.45, 2.75) is 26.7 Å². The summed E-state index contributed by atoms with van der Waals surface area (Å²) in [4.78, 5) is 25.3. The van der Waals surface area contributed by atoms with E-state index in [1.165, 1.54) is 6.33 Å². The van der Waals surface area contributed by atoms with Crippen LogP contribution in [-0.4, -0.2) is 63.2 Å². The van der Waals surface area contributed by atoms with E-state index in [4.69, 9.17) is 16.3 Å². The predicted octanol–water partition coefficient (Wildman–Crippen LogP) is 2.90. The van der Waals surface area contributed by atoms with Gasteiger partial charge in [0, 0.05) is 49.4 Å². The molecule has 1 aliphatic rings. The van der Waals surface area contributed by atoms with Crippen molar-refractivity contribution in [1.29, 1.82) is 0 Å². The summed E-state index contributed by atoms with van der Waals surface area (Å²) in [6.45, 7) is 7.31. The first-order chi connectivity index (χ1) is 14.5. The Balaban J connectivity index is 1.25. The minimum atomic E-state index is 0.169. The third-order valence-corrected chi connectivity index (χ3v) is 5.48. The number of halogens is 1. The maximum absolute atomic E-state index is 12.6. The number of hydrogen-bond acceptors (Lipinski definition) is 6. The molecule has 8 nitrogen and oxygen atoms in total. The van der Waals surface area contributed by atoms with Crippen molar-refractivity contribution in [3.05, 3.63) is 46.9 Å². The van der Waals surface area contributed by atoms with Gasteiger partial charge < -0.3 is 14.5 Å². The van der Waals surface area contributed by atoms with E-state index in [9.17, 15) is 4.79 Å². The Bertz CT molecular complexity index is 1050. The lowest BCUT2D eigenvalue weighted by Gasteiger charge is -2.36. The highest BCUT2D eigenvalue weighted by Gasteiger charge is 2.23. The first-order valence-corrected chi connectivity index (χ1v) is 10.5. The molecule has 0 bridgehead atoms. The second kappa shape index (κ2) is 8.87. The molecule has 1 amide bonds. The van der Waals surface area contributed by atoms with Gasteiger partial charge >= 0.3 is 0 Å². The molecule has 0 N–H and O–H groups in total. The normalized spacial score (nSPS) is 14.4. The standard InChI is InChI=1S/C21H25ClN6O2/c1-15-12-17(22)5-6-18(15)30-11-3-4-20(29)27-9-7-26(8-10-27)19-13-16(2)25-21-23-14-24-28(19)21/h5-6,12-14H,3-4,7-11H2,1-2H3. The number of piperazine rings is 1. The van der Waals surface area contributed by atoms with Gasteiger partial charge in [0.05, 0.1) is 6.61 Å². The molecule has 0 radical (unpaired) electrons. The molecule has 0 saturated carbocycles. The average molecular weight is 429 g/mol. The number of ether oxygens (including phenoxy) is 1. The molecular formula is C21H25ClN6O2. The Labute approximate surface area is 180 Å². The molecule has 1 saturated heterocycles. The highest BCUT2D eigenvalue weighted by molar-refractivity contribution is 6.30. The summed E-state index contributed by atoms with van der Waals surface area (Å²) in [6.07, 6.45) is 2.68. The first kappa shape index (κ1) is 20.4. The predicted molar refractivity (Wildman–Crippen MR) is 115 cm³/mol. The highest BCUT2D eigenvalue weighted by atomic mass is 35.5. The summed E-state index contributed by atoms with van der Waals surface area (Å²) in [5, 5.41) is 4.97. The maximum Gasteiger partial charge on any atom is 0.254 e. The molecular weight excluding hydrogens is 404 g/mol. The van der Waals surface area contributed by atoms with Gasteiger partial charge in [-0.25, -0.2) is 4.98 Å². The topological polar surface area (TPSA) is 75.9 Å². The van der Waals surface area contributed by atoms with E-state index in [0.29, 0.717) is 43.3 Å². The number of fused-ring (bicyclic) bond motifs is 1. The van der Waals surface area contributed by atoms with Crippen LogP contribution >= 0.6 is 11.6 Å². The SMILES string of the molecule is Cc1cc(N2CCN(C(=O)CCCOc3ccc(Cl)cc3C)CC2)n2ncnc2n1. The second-order valence-corrected chi connectivity index (χ2v) is 7.89. The van der Waals surface area contributed by atoms with Crippen LogP contribution in [0.25, 0.3) is 5.78 Å². The van der Waals surface area contributed by atoms with Gasteiger partial charge in [0.1, 0.15) is 17.9 Å². The molecule has 3 aromatic rings. The fraction of sp³-hybridized carbons (Fsp3) is 0.429. The smallest absolute Gasteiger partial charge is 0.254 e. The number of benzene rings is 1. The van der Waals surface area contributed by atoms with Gasteiger partial charge in [0.15, 0.2) is 0 Å². The highest BCUT2D eigenvalue weighted by Crippen LogP contribution is 2.22. The van der Waals surface area contributed by atoms with Crippen molar-refractivity contribution in [3.63, 3.8) is 0 Å². The van der Waals surface area contributed by atoms with Gasteiger partial charge in [0.25, 0.3) is 5.78 Å². The molecule has 2 aromatic heterocycles. The van der Waals surface area contributed by atoms with Gasteiger partial charge in [0.2, 0.25) is 5.91 Å². The lowest BCUT2D eigenvalue weighted by atomic mass is 10.2. The van der Waals surface area contributed by atoms with E-state index < -0.39 is 0 Å². The van der Waals surface area contributed by atoms with Crippen molar-refractivity contribution < 1.29 is 9.53 Å². The van der Waals surface area contributed by atoms with Crippen molar-refractivity contribution in [1.82, 2.24) is 24.5 Å². The van der Waals surface area contributed by atoms with E-state index >= 15 is 0 Å². The van der Waals surface area contributed by atoms with Crippen LogP contribution in [0, 0.1) is 13.8 Å². The molecule has 1 aromatic carbocycles. The number of aryl methyl sites for hydroxylation is 2. The van der Waals surface area contributed by atoms with Gasteiger partial charge in [-0.15, -0.1) is 0 Å². The van der Waals surface area contributed by atoms with E-state index in [2.05, 4.69) is 20.0 Å². The van der Waals surface area contributed by atoms with Gasteiger partial charge in [-0.05, 0) is 44.0 Å². The molecule has 1 aliphatic heterocycles. The Morgan fingerprint density at radius 2 is 1.97 bits per heavy atom. The lowest BCUT2D eigenvalue weighted by molar-refractivity contribution is -0.131.